The van der Waals surface area contributed by atoms with E-state index >= 15 is 0 Å². The van der Waals surface area contributed by atoms with E-state index in [2.05, 4.69) is 15.6 Å². The number of aryl methyl sites for hydroxylation is 2. The number of hydrogen-bond acceptors (Lipinski definition) is 6. The molecule has 33 heavy (non-hydrogen) atoms. The highest BCUT2D eigenvalue weighted by atomic mass is 32.1. The van der Waals surface area contributed by atoms with Crippen molar-refractivity contribution in [3.63, 3.8) is 0 Å². The maximum Gasteiger partial charge on any atom is 0.273 e. The molecule has 0 radical (unpaired) electrons. The largest absolute Gasteiger partial charge is 0.436 e. The lowest BCUT2D eigenvalue weighted by Gasteiger charge is -2.11. The average molecular weight is 461 g/mol. The summed E-state index contributed by atoms with van der Waals surface area (Å²) in [7, 11) is 0. The monoisotopic (exact) mass is 460 g/mol. The third kappa shape index (κ3) is 4.58. The molecule has 4 aromatic rings. The molecule has 0 aliphatic carbocycles. The zero-order valence-electron chi connectivity index (χ0n) is 18.1. The van der Waals surface area contributed by atoms with Gasteiger partial charge < -0.3 is 9.73 Å². The normalized spacial score (nSPS) is 10.8. The lowest BCUT2D eigenvalue weighted by molar-refractivity contribution is -0.385. The van der Waals surface area contributed by atoms with Crippen LogP contribution < -0.4 is 10.6 Å². The fourth-order valence-electron chi connectivity index (χ4n) is 3.40. The number of rotatable bonds is 4. The number of nitro groups is 1. The Balaban J connectivity index is 1.50. The van der Waals surface area contributed by atoms with Crippen LogP contribution in [-0.4, -0.2) is 20.9 Å². The molecule has 1 amide bonds. The van der Waals surface area contributed by atoms with Crippen molar-refractivity contribution in [2.24, 2.45) is 0 Å². The standard InChI is InChI=1S/C24H20N4O4S/c1-13-7-8-16(11-14(13)2)23-26-19-12-17(9-10-21(19)32-23)25-24(33)27-22(29)18-5-4-6-20(15(18)3)28(30)31/h4-12H,1-3H3,(H2,25,27,29,33). The van der Waals surface area contributed by atoms with E-state index in [0.29, 0.717) is 22.7 Å². The maximum atomic E-state index is 12.6. The van der Waals surface area contributed by atoms with Crippen molar-refractivity contribution in [2.45, 2.75) is 20.8 Å². The molecule has 1 heterocycles. The number of nitro benzene ring substituents is 1. The Hall–Kier alpha value is -4.11. The lowest BCUT2D eigenvalue weighted by atomic mass is 10.1. The van der Waals surface area contributed by atoms with Gasteiger partial charge in [0.15, 0.2) is 10.7 Å². The highest BCUT2D eigenvalue weighted by Gasteiger charge is 2.19. The molecule has 0 atom stereocenters. The van der Waals surface area contributed by atoms with E-state index in [1.807, 2.05) is 32.0 Å². The van der Waals surface area contributed by atoms with Crippen LogP contribution in [0.5, 0.6) is 0 Å². The molecule has 0 fully saturated rings. The Morgan fingerprint density at radius 3 is 2.58 bits per heavy atom. The number of carbonyl (C=O) groups is 1. The van der Waals surface area contributed by atoms with Gasteiger partial charge in [0, 0.05) is 28.4 Å². The van der Waals surface area contributed by atoms with Crippen molar-refractivity contribution in [3.8, 4) is 11.5 Å². The molecule has 0 aliphatic heterocycles. The number of nitrogens with zero attached hydrogens (tertiary/aromatic N) is 2. The molecule has 1 aromatic heterocycles. The van der Waals surface area contributed by atoms with Gasteiger partial charge in [-0.2, -0.15) is 0 Å². The van der Waals surface area contributed by atoms with E-state index in [-0.39, 0.29) is 21.9 Å². The summed E-state index contributed by atoms with van der Waals surface area (Å²) in [5.41, 5.74) is 5.42. The first-order chi connectivity index (χ1) is 15.7. The zero-order valence-corrected chi connectivity index (χ0v) is 18.9. The fraction of sp³-hybridized carbons (Fsp3) is 0.125. The van der Waals surface area contributed by atoms with Crippen molar-refractivity contribution in [2.75, 3.05) is 5.32 Å². The predicted molar refractivity (Wildman–Crippen MR) is 130 cm³/mol. The minimum Gasteiger partial charge on any atom is -0.436 e. The first-order valence-electron chi connectivity index (χ1n) is 10.1. The third-order valence-electron chi connectivity index (χ3n) is 5.37. The number of oxazole rings is 1. The summed E-state index contributed by atoms with van der Waals surface area (Å²) < 4.78 is 5.88. The van der Waals surface area contributed by atoms with E-state index in [1.165, 1.54) is 30.7 Å². The second-order valence-electron chi connectivity index (χ2n) is 7.62. The number of nitrogens with one attached hydrogen (secondary N) is 2. The number of thiocarbonyl (C=S) groups is 1. The van der Waals surface area contributed by atoms with Gasteiger partial charge in [0.25, 0.3) is 11.6 Å². The molecule has 9 heteroatoms. The van der Waals surface area contributed by atoms with Crippen molar-refractivity contribution >= 4 is 45.7 Å². The van der Waals surface area contributed by atoms with Crippen LogP contribution in [0.3, 0.4) is 0 Å². The highest BCUT2D eigenvalue weighted by Crippen LogP contribution is 2.27. The molecule has 8 nitrogen and oxygen atoms in total. The molecule has 2 N–H and O–H groups in total. The fourth-order valence-corrected chi connectivity index (χ4v) is 3.61. The summed E-state index contributed by atoms with van der Waals surface area (Å²) in [6.07, 6.45) is 0. The molecule has 166 valence electrons. The summed E-state index contributed by atoms with van der Waals surface area (Å²) in [4.78, 5) is 27.7. The van der Waals surface area contributed by atoms with E-state index in [4.69, 9.17) is 16.6 Å². The van der Waals surface area contributed by atoms with Gasteiger partial charge in [-0.3, -0.25) is 20.2 Å². The quantitative estimate of drug-likeness (QED) is 0.236. The molecule has 3 aromatic carbocycles. The zero-order chi connectivity index (χ0) is 23.7. The summed E-state index contributed by atoms with van der Waals surface area (Å²) in [6, 6.07) is 15.6. The Labute approximate surface area is 194 Å². The third-order valence-corrected chi connectivity index (χ3v) is 5.58. The van der Waals surface area contributed by atoms with Gasteiger partial charge in [-0.25, -0.2) is 4.98 Å². The van der Waals surface area contributed by atoms with Crippen molar-refractivity contribution < 1.29 is 14.1 Å². The molecule has 0 spiro atoms. The first-order valence-corrected chi connectivity index (χ1v) is 10.5. The van der Waals surface area contributed by atoms with Gasteiger partial charge in [0.2, 0.25) is 5.89 Å². The number of hydrogen-bond donors (Lipinski definition) is 2. The number of fused-ring (bicyclic) bond motifs is 1. The first kappa shape index (κ1) is 22.1. The van der Waals surface area contributed by atoms with Gasteiger partial charge >= 0.3 is 0 Å². The number of amides is 1. The molecular weight excluding hydrogens is 440 g/mol. The molecule has 0 saturated carbocycles. The van der Waals surface area contributed by atoms with Gasteiger partial charge in [-0.05, 0) is 80.5 Å². The lowest BCUT2D eigenvalue weighted by Crippen LogP contribution is -2.34. The van der Waals surface area contributed by atoms with Crippen LogP contribution in [0.25, 0.3) is 22.6 Å². The van der Waals surface area contributed by atoms with E-state index in [1.54, 1.807) is 18.2 Å². The predicted octanol–water partition coefficient (Wildman–Crippen LogP) is 5.46. The Morgan fingerprint density at radius 2 is 1.85 bits per heavy atom. The molecule has 4 rings (SSSR count). The number of benzene rings is 3. The second-order valence-corrected chi connectivity index (χ2v) is 8.02. The van der Waals surface area contributed by atoms with Crippen LogP contribution in [0.2, 0.25) is 0 Å². The van der Waals surface area contributed by atoms with Crippen molar-refractivity contribution in [1.82, 2.24) is 10.3 Å². The average Bonchev–Trinajstić information content (AvgIpc) is 3.18. The Kier molecular flexibility index (Phi) is 5.89. The van der Waals surface area contributed by atoms with Crippen LogP contribution >= 0.6 is 12.2 Å². The topological polar surface area (TPSA) is 110 Å². The summed E-state index contributed by atoms with van der Waals surface area (Å²) in [5.74, 6) is -0.0180. The summed E-state index contributed by atoms with van der Waals surface area (Å²) in [5, 5.41) is 16.7. The Bertz CT molecular complexity index is 1430. The molecule has 0 bridgehead atoms. The maximum absolute atomic E-state index is 12.6. The van der Waals surface area contributed by atoms with Crippen molar-refractivity contribution in [3.05, 3.63) is 87.0 Å². The van der Waals surface area contributed by atoms with Gasteiger partial charge in [0.1, 0.15) is 5.52 Å². The summed E-state index contributed by atoms with van der Waals surface area (Å²) in [6.45, 7) is 5.61. The van der Waals surface area contributed by atoms with Crippen LogP contribution in [0.1, 0.15) is 27.0 Å². The van der Waals surface area contributed by atoms with Crippen molar-refractivity contribution in [1.29, 1.82) is 0 Å². The highest BCUT2D eigenvalue weighted by molar-refractivity contribution is 7.80. The Morgan fingerprint density at radius 1 is 1.06 bits per heavy atom. The molecule has 0 aliphatic rings. The molecule has 0 saturated heterocycles. The van der Waals surface area contributed by atoms with E-state index in [9.17, 15) is 14.9 Å². The van der Waals surface area contributed by atoms with Crippen LogP contribution in [-0.2, 0) is 0 Å². The summed E-state index contributed by atoms with van der Waals surface area (Å²) >= 11 is 5.25. The second kappa shape index (κ2) is 8.79. The number of anilines is 1. The van der Waals surface area contributed by atoms with Crippen LogP contribution in [0, 0.1) is 30.9 Å². The van der Waals surface area contributed by atoms with Crippen LogP contribution in [0.15, 0.2) is 59.0 Å². The van der Waals surface area contributed by atoms with E-state index in [0.717, 1.165) is 11.1 Å². The number of aromatic nitrogens is 1. The van der Waals surface area contributed by atoms with E-state index < -0.39 is 10.8 Å². The SMILES string of the molecule is Cc1ccc(-c2nc3cc(NC(=S)NC(=O)c4cccc([N+](=O)[O-])c4C)ccc3o2)cc1C. The molecule has 0 unspecified atom stereocenters. The minimum absolute atomic E-state index is 0.0585. The van der Waals surface area contributed by atoms with Gasteiger partial charge in [-0.15, -0.1) is 0 Å². The number of carbonyl (C=O) groups excluding carboxylic acids is 1. The van der Waals surface area contributed by atoms with Gasteiger partial charge in [-0.1, -0.05) is 12.1 Å². The van der Waals surface area contributed by atoms with Gasteiger partial charge in [0.05, 0.1) is 4.92 Å². The van der Waals surface area contributed by atoms with Crippen LogP contribution in [0.4, 0.5) is 11.4 Å². The molecular formula is C24H20N4O4S. The minimum atomic E-state index is -0.534. The smallest absolute Gasteiger partial charge is 0.273 e.